The lowest BCUT2D eigenvalue weighted by Crippen LogP contribution is -2.64. The Balaban J connectivity index is 2.42. The molecule has 332 valence electrons. The van der Waals surface area contributed by atoms with Gasteiger partial charge in [-0.1, -0.05) is 81.5 Å². The summed E-state index contributed by atoms with van der Waals surface area (Å²) >= 11 is 0. The molecule has 0 radical (unpaired) electrons. The van der Waals surface area contributed by atoms with Crippen LogP contribution in [0.3, 0.4) is 0 Å². The SMILES string of the molecule is CC(=O)N[C@H]1[C@@H](OP(=O)(O)OP(=O)(O)OC/C=C(/C)CC/C=C(/C)CC/C=C(/C)CC/C=C(/C)CC/C=C(\C)CC/C=C(\C)CCC=C(C)C)O[C@H](CO)[C@H](O)[C@@H]1O. The molecule has 1 heterocycles. The van der Waals surface area contributed by atoms with Gasteiger partial charge < -0.3 is 35.2 Å². The van der Waals surface area contributed by atoms with Gasteiger partial charge in [-0.3, -0.25) is 13.8 Å². The molecule has 0 aromatic carbocycles. The molecular formula is C43H73NO12P2. The summed E-state index contributed by atoms with van der Waals surface area (Å²) in [7, 11) is -10.5. The molecule has 1 saturated heterocycles. The van der Waals surface area contributed by atoms with Gasteiger partial charge in [0, 0.05) is 6.92 Å². The van der Waals surface area contributed by atoms with Crippen molar-refractivity contribution in [3.05, 3.63) is 81.5 Å². The van der Waals surface area contributed by atoms with Gasteiger partial charge in [-0.25, -0.2) is 9.13 Å². The molecule has 1 amide bonds. The molecule has 1 aliphatic heterocycles. The molecule has 7 atom stereocenters. The van der Waals surface area contributed by atoms with Crippen LogP contribution in [-0.2, 0) is 32.0 Å². The van der Waals surface area contributed by atoms with Crippen molar-refractivity contribution in [2.45, 2.75) is 170 Å². The van der Waals surface area contributed by atoms with E-state index in [2.05, 4.69) is 94.5 Å². The van der Waals surface area contributed by atoms with Gasteiger partial charge >= 0.3 is 15.6 Å². The number of aliphatic hydroxyl groups excluding tert-OH is 3. The minimum absolute atomic E-state index is 0.404. The Labute approximate surface area is 347 Å². The lowest BCUT2D eigenvalue weighted by Gasteiger charge is -2.42. The van der Waals surface area contributed by atoms with Crippen LogP contribution in [0.4, 0.5) is 0 Å². The predicted octanol–water partition coefficient (Wildman–Crippen LogP) is 9.51. The van der Waals surface area contributed by atoms with Crippen molar-refractivity contribution in [3.63, 3.8) is 0 Å². The van der Waals surface area contributed by atoms with Gasteiger partial charge in [0.05, 0.1) is 13.2 Å². The van der Waals surface area contributed by atoms with E-state index in [0.29, 0.717) is 6.42 Å². The highest BCUT2D eigenvalue weighted by Gasteiger charge is 2.49. The van der Waals surface area contributed by atoms with Gasteiger partial charge in [0.25, 0.3) is 0 Å². The van der Waals surface area contributed by atoms with Crippen LogP contribution in [-0.4, -0.2) is 74.9 Å². The third-order valence-electron chi connectivity index (χ3n) is 9.61. The highest BCUT2D eigenvalue weighted by Crippen LogP contribution is 2.61. The number of hydrogen-bond acceptors (Lipinski definition) is 10. The zero-order chi connectivity index (χ0) is 43.9. The van der Waals surface area contributed by atoms with E-state index in [1.807, 2.05) is 6.92 Å². The fourth-order valence-corrected chi connectivity index (χ4v) is 8.16. The van der Waals surface area contributed by atoms with Gasteiger partial charge in [0.1, 0.15) is 24.4 Å². The van der Waals surface area contributed by atoms with Crippen LogP contribution in [0.15, 0.2) is 81.5 Å². The first-order valence-electron chi connectivity index (χ1n) is 20.3. The van der Waals surface area contributed by atoms with Crippen molar-refractivity contribution in [2.24, 2.45) is 0 Å². The van der Waals surface area contributed by atoms with Gasteiger partial charge in [-0.05, 0) is 132 Å². The Morgan fingerprint density at radius 3 is 1.34 bits per heavy atom. The lowest BCUT2D eigenvalue weighted by molar-refractivity contribution is -0.247. The van der Waals surface area contributed by atoms with Gasteiger partial charge in [0.15, 0.2) is 6.29 Å². The number of carbonyl (C=O) groups is 1. The monoisotopic (exact) mass is 857 g/mol. The largest absolute Gasteiger partial charge is 0.483 e. The molecule has 13 nitrogen and oxygen atoms in total. The van der Waals surface area contributed by atoms with Gasteiger partial charge in [-0.2, -0.15) is 4.31 Å². The number of phosphoric acid groups is 2. The normalized spacial score (nSPS) is 23.7. The maximum atomic E-state index is 12.6. The Hall–Kier alpha value is -2.25. The second-order valence-electron chi connectivity index (χ2n) is 15.7. The highest BCUT2D eigenvalue weighted by molar-refractivity contribution is 7.61. The summed E-state index contributed by atoms with van der Waals surface area (Å²) in [6.07, 6.45) is 20.7. The second kappa shape index (κ2) is 28.3. The van der Waals surface area contributed by atoms with Crippen LogP contribution >= 0.6 is 15.6 Å². The number of rotatable bonds is 27. The summed E-state index contributed by atoms with van der Waals surface area (Å²) < 4.78 is 44.2. The molecule has 0 aromatic rings. The quantitative estimate of drug-likeness (QED) is 0.0338. The number of hydrogen-bond donors (Lipinski definition) is 6. The standard InChI is InChI=1S/C43H73NO12P2/c1-31(2)16-10-17-32(3)18-11-19-33(4)20-12-21-34(5)22-13-23-35(6)24-14-25-36(7)26-15-27-37(8)28-29-53-57(49,50)56-58(51,52)55-43-40(44-38(9)46)42(48)41(47)39(30-45)54-43/h16,18,20,22,24,26,28,39-43,45,47-48H,10-15,17,19,21,23,25,27,29-30H2,1-9H3,(H,44,46)(H,49,50)(H,51,52)/b32-18+,33-20+,34-22-,35-24-,36-26-,37-28-/t39-,40-,41+,42-,43-/m1/s1. The Morgan fingerprint density at radius 2 is 0.983 bits per heavy atom. The first-order chi connectivity index (χ1) is 27.1. The van der Waals surface area contributed by atoms with Crippen LogP contribution in [0.1, 0.15) is 139 Å². The summed E-state index contributed by atoms with van der Waals surface area (Å²) in [5.74, 6) is -0.707. The number of phosphoric ester groups is 2. The molecule has 2 unspecified atom stereocenters. The number of ether oxygens (including phenoxy) is 1. The molecule has 0 spiro atoms. The third-order valence-corrected chi connectivity index (χ3v) is 12.2. The van der Waals surface area contributed by atoms with Crippen molar-refractivity contribution < 1.29 is 57.1 Å². The predicted molar refractivity (Wildman–Crippen MR) is 231 cm³/mol. The van der Waals surface area contributed by atoms with E-state index >= 15 is 0 Å². The van der Waals surface area contributed by atoms with Gasteiger partial charge in [-0.15, -0.1) is 0 Å². The minimum Gasteiger partial charge on any atom is -0.394 e. The molecule has 0 saturated carbocycles. The molecule has 6 N–H and O–H groups in total. The first-order valence-corrected chi connectivity index (χ1v) is 23.3. The zero-order valence-corrected chi connectivity index (χ0v) is 38.1. The second-order valence-corrected chi connectivity index (χ2v) is 18.7. The topological polar surface area (TPSA) is 201 Å². The summed E-state index contributed by atoms with van der Waals surface area (Å²) in [5, 5.41) is 32.0. The van der Waals surface area contributed by atoms with E-state index in [9.17, 15) is 39.0 Å². The van der Waals surface area contributed by atoms with E-state index in [0.717, 1.165) is 83.1 Å². The Kier molecular flexibility index (Phi) is 26.2. The molecule has 15 heteroatoms. The molecular weight excluding hydrogens is 784 g/mol. The van der Waals surface area contributed by atoms with E-state index in [4.69, 9.17) is 13.8 Å². The third kappa shape index (κ3) is 24.7. The summed E-state index contributed by atoms with van der Waals surface area (Å²) in [5.41, 5.74) is 9.28. The number of amides is 1. The molecule has 1 fully saturated rings. The molecule has 1 rings (SSSR count). The fourth-order valence-electron chi connectivity index (χ4n) is 6.07. The molecule has 0 bridgehead atoms. The molecule has 58 heavy (non-hydrogen) atoms. The fraction of sp³-hybridized carbons (Fsp3) is 0.651. The molecule has 0 aromatic heterocycles. The lowest BCUT2D eigenvalue weighted by atomic mass is 9.97. The number of carbonyl (C=O) groups excluding carboxylic acids is 1. The summed E-state index contributed by atoms with van der Waals surface area (Å²) in [6, 6.07) is -1.58. The summed E-state index contributed by atoms with van der Waals surface area (Å²) in [4.78, 5) is 31.8. The van der Waals surface area contributed by atoms with Gasteiger partial charge in [0.2, 0.25) is 5.91 Å². The van der Waals surface area contributed by atoms with Crippen molar-refractivity contribution >= 4 is 21.6 Å². The molecule has 0 aliphatic carbocycles. The smallest absolute Gasteiger partial charge is 0.394 e. The van der Waals surface area contributed by atoms with Crippen LogP contribution in [0.25, 0.3) is 0 Å². The van der Waals surface area contributed by atoms with Crippen molar-refractivity contribution in [2.75, 3.05) is 13.2 Å². The first kappa shape index (κ1) is 53.8. The van der Waals surface area contributed by atoms with E-state index in [1.54, 1.807) is 6.08 Å². The van der Waals surface area contributed by atoms with Crippen LogP contribution in [0.5, 0.6) is 0 Å². The minimum atomic E-state index is -5.41. The van der Waals surface area contributed by atoms with Crippen LogP contribution < -0.4 is 5.32 Å². The molecule has 1 aliphatic rings. The maximum absolute atomic E-state index is 12.6. The van der Waals surface area contributed by atoms with Crippen molar-refractivity contribution in [3.8, 4) is 0 Å². The van der Waals surface area contributed by atoms with E-state index in [1.165, 1.54) is 33.4 Å². The Morgan fingerprint density at radius 1 is 0.603 bits per heavy atom. The van der Waals surface area contributed by atoms with E-state index < -0.39 is 65.4 Å². The average Bonchev–Trinajstić information content (AvgIpc) is 3.10. The van der Waals surface area contributed by atoms with Crippen molar-refractivity contribution in [1.82, 2.24) is 5.32 Å². The maximum Gasteiger partial charge on any atom is 0.483 e. The zero-order valence-electron chi connectivity index (χ0n) is 36.3. The van der Waals surface area contributed by atoms with Crippen LogP contribution in [0.2, 0.25) is 0 Å². The van der Waals surface area contributed by atoms with Crippen molar-refractivity contribution in [1.29, 1.82) is 0 Å². The number of allylic oxidation sites excluding steroid dienone is 13. The number of aliphatic hydroxyl groups is 3. The highest BCUT2D eigenvalue weighted by atomic mass is 31.3. The average molecular weight is 858 g/mol. The Bertz CT molecular complexity index is 1590. The summed E-state index contributed by atoms with van der Waals surface area (Å²) in [6.45, 7) is 17.0. The van der Waals surface area contributed by atoms with E-state index in [-0.39, 0.29) is 0 Å². The number of nitrogens with one attached hydrogen (secondary N) is 1. The van der Waals surface area contributed by atoms with Crippen LogP contribution in [0, 0.1) is 0 Å².